The van der Waals surface area contributed by atoms with Crippen LogP contribution in [0.25, 0.3) is 0 Å². The maximum Gasteiger partial charge on any atom is 0.236 e. The van der Waals surface area contributed by atoms with Gasteiger partial charge in [-0.15, -0.1) is 0 Å². The third kappa shape index (κ3) is 3.56. The van der Waals surface area contributed by atoms with Crippen LogP contribution in [0, 0.1) is 5.41 Å². The molecule has 23 heavy (non-hydrogen) atoms. The van der Waals surface area contributed by atoms with Gasteiger partial charge in [0.1, 0.15) is 11.2 Å². The van der Waals surface area contributed by atoms with Gasteiger partial charge >= 0.3 is 0 Å². The summed E-state index contributed by atoms with van der Waals surface area (Å²) in [5, 5.41) is 6.24. The summed E-state index contributed by atoms with van der Waals surface area (Å²) in [6.45, 7) is 0.668. The van der Waals surface area contributed by atoms with Crippen molar-refractivity contribution in [3.8, 4) is 0 Å². The summed E-state index contributed by atoms with van der Waals surface area (Å²) in [5.41, 5.74) is 0.00786. The first-order valence-electron chi connectivity index (χ1n) is 7.44. The van der Waals surface area contributed by atoms with Crippen LogP contribution in [0.5, 0.6) is 0 Å². The minimum absolute atomic E-state index is 0.232. The van der Waals surface area contributed by atoms with E-state index in [9.17, 15) is 9.59 Å². The maximum absolute atomic E-state index is 12.3. The molecule has 120 valence electrons. The lowest BCUT2D eigenvalue weighted by atomic mass is 10.0. The standard InChI is InChI=1S/C17H17ClN2O3/c18-13-5-3-12(4-6-13)10-19-15(21)17(7-8-17)16(22)20-11-14-2-1-9-23-14/h1-6,9H,7-8,10-11H2,(H,19,21)(H,20,22). The first-order valence-corrected chi connectivity index (χ1v) is 7.81. The second-order valence-corrected chi connectivity index (χ2v) is 6.09. The molecule has 1 aromatic carbocycles. The topological polar surface area (TPSA) is 71.3 Å². The molecule has 1 fully saturated rings. The molecular formula is C17H17ClN2O3. The summed E-state index contributed by atoms with van der Waals surface area (Å²) in [5.74, 6) is 0.183. The van der Waals surface area contributed by atoms with E-state index >= 15 is 0 Å². The van der Waals surface area contributed by atoms with Gasteiger partial charge in [-0.3, -0.25) is 9.59 Å². The number of halogens is 1. The number of hydrogen-bond donors (Lipinski definition) is 2. The average Bonchev–Trinajstić information content (AvgIpc) is 3.21. The molecular weight excluding hydrogens is 316 g/mol. The quantitative estimate of drug-likeness (QED) is 0.799. The molecule has 2 aromatic rings. The second-order valence-electron chi connectivity index (χ2n) is 5.65. The Morgan fingerprint density at radius 3 is 2.26 bits per heavy atom. The monoisotopic (exact) mass is 332 g/mol. The van der Waals surface area contributed by atoms with Crippen molar-refractivity contribution in [1.29, 1.82) is 0 Å². The summed E-state index contributed by atoms with van der Waals surface area (Å²) < 4.78 is 5.17. The molecule has 1 aromatic heterocycles. The highest BCUT2D eigenvalue weighted by atomic mass is 35.5. The van der Waals surface area contributed by atoms with E-state index in [2.05, 4.69) is 10.6 Å². The maximum atomic E-state index is 12.3. The summed E-state index contributed by atoms with van der Waals surface area (Å²) >= 11 is 5.83. The van der Waals surface area contributed by atoms with Gasteiger partial charge in [0, 0.05) is 11.6 Å². The Morgan fingerprint density at radius 2 is 1.70 bits per heavy atom. The third-order valence-corrected chi connectivity index (χ3v) is 4.24. The first-order chi connectivity index (χ1) is 11.1. The van der Waals surface area contributed by atoms with Crippen LogP contribution in [-0.4, -0.2) is 11.8 Å². The fourth-order valence-corrected chi connectivity index (χ4v) is 2.51. The summed E-state index contributed by atoms with van der Waals surface area (Å²) in [7, 11) is 0. The van der Waals surface area contributed by atoms with Crippen molar-refractivity contribution in [3.05, 3.63) is 59.0 Å². The van der Waals surface area contributed by atoms with E-state index in [1.807, 2.05) is 12.1 Å². The van der Waals surface area contributed by atoms with Crippen molar-refractivity contribution >= 4 is 23.4 Å². The molecule has 0 radical (unpaired) electrons. The van der Waals surface area contributed by atoms with Crippen molar-refractivity contribution in [1.82, 2.24) is 10.6 Å². The summed E-state index contributed by atoms with van der Waals surface area (Å²) in [6.07, 6.45) is 2.69. The molecule has 3 rings (SSSR count). The van der Waals surface area contributed by atoms with Crippen LogP contribution in [0.4, 0.5) is 0 Å². The van der Waals surface area contributed by atoms with Crippen molar-refractivity contribution in [2.75, 3.05) is 0 Å². The molecule has 5 nitrogen and oxygen atoms in total. The minimum atomic E-state index is -0.932. The minimum Gasteiger partial charge on any atom is -0.467 e. The molecule has 6 heteroatoms. The molecule has 1 aliphatic rings. The Balaban J connectivity index is 1.53. The number of furan rings is 1. The lowest BCUT2D eigenvalue weighted by Crippen LogP contribution is -2.42. The van der Waals surface area contributed by atoms with Gasteiger partial charge in [-0.05, 0) is 42.7 Å². The van der Waals surface area contributed by atoms with Gasteiger partial charge in [0.05, 0.1) is 12.8 Å². The molecule has 2 N–H and O–H groups in total. The molecule has 2 amide bonds. The molecule has 0 aliphatic heterocycles. The lowest BCUT2D eigenvalue weighted by molar-refractivity contribution is -0.137. The van der Waals surface area contributed by atoms with Gasteiger partial charge in [-0.1, -0.05) is 23.7 Å². The Bertz CT molecular complexity index is 691. The Hall–Kier alpha value is -2.27. The second kappa shape index (κ2) is 6.46. The van der Waals surface area contributed by atoms with Crippen molar-refractivity contribution in [2.45, 2.75) is 25.9 Å². The highest BCUT2D eigenvalue weighted by molar-refractivity contribution is 6.30. The van der Waals surface area contributed by atoms with E-state index in [0.29, 0.717) is 30.2 Å². The number of carbonyl (C=O) groups excluding carboxylic acids is 2. The summed E-state index contributed by atoms with van der Waals surface area (Å²) in [4.78, 5) is 24.6. The smallest absolute Gasteiger partial charge is 0.236 e. The average molecular weight is 333 g/mol. The predicted molar refractivity (Wildman–Crippen MR) is 85.5 cm³/mol. The molecule has 1 aliphatic carbocycles. The van der Waals surface area contributed by atoms with Crippen LogP contribution in [0.2, 0.25) is 5.02 Å². The zero-order valence-electron chi connectivity index (χ0n) is 12.5. The van der Waals surface area contributed by atoms with Gasteiger partial charge in [-0.25, -0.2) is 0 Å². The highest BCUT2D eigenvalue weighted by Gasteiger charge is 2.56. The van der Waals surface area contributed by atoms with Crippen LogP contribution in [0.1, 0.15) is 24.2 Å². The van der Waals surface area contributed by atoms with Crippen LogP contribution in [-0.2, 0) is 22.7 Å². The predicted octanol–water partition coefficient (Wildman–Crippen LogP) is 2.65. The lowest BCUT2D eigenvalue weighted by Gasteiger charge is -2.15. The van der Waals surface area contributed by atoms with Gasteiger partial charge < -0.3 is 15.1 Å². The zero-order valence-corrected chi connectivity index (χ0v) is 13.2. The van der Waals surface area contributed by atoms with Gasteiger partial charge in [0.25, 0.3) is 0 Å². The molecule has 0 bridgehead atoms. The van der Waals surface area contributed by atoms with Crippen LogP contribution < -0.4 is 10.6 Å². The fourth-order valence-electron chi connectivity index (χ4n) is 2.39. The third-order valence-electron chi connectivity index (χ3n) is 3.99. The number of amides is 2. The van der Waals surface area contributed by atoms with Gasteiger partial charge in [0.15, 0.2) is 0 Å². The zero-order chi connectivity index (χ0) is 16.3. The van der Waals surface area contributed by atoms with Crippen molar-refractivity contribution in [2.24, 2.45) is 5.41 Å². The molecule has 0 atom stereocenters. The number of nitrogens with one attached hydrogen (secondary N) is 2. The van der Waals surface area contributed by atoms with E-state index < -0.39 is 5.41 Å². The largest absolute Gasteiger partial charge is 0.467 e. The van der Waals surface area contributed by atoms with E-state index in [4.69, 9.17) is 16.0 Å². The van der Waals surface area contributed by atoms with Crippen LogP contribution in [0.15, 0.2) is 47.1 Å². The van der Waals surface area contributed by atoms with Gasteiger partial charge in [0.2, 0.25) is 11.8 Å². The number of benzene rings is 1. The molecule has 0 unspecified atom stereocenters. The van der Waals surface area contributed by atoms with Gasteiger partial charge in [-0.2, -0.15) is 0 Å². The normalized spacial score (nSPS) is 15.0. The molecule has 0 saturated heterocycles. The van der Waals surface area contributed by atoms with Crippen LogP contribution in [0.3, 0.4) is 0 Å². The van der Waals surface area contributed by atoms with Crippen LogP contribution >= 0.6 is 11.6 Å². The number of rotatable bonds is 6. The van der Waals surface area contributed by atoms with Crippen molar-refractivity contribution < 1.29 is 14.0 Å². The Kier molecular flexibility index (Phi) is 4.39. The van der Waals surface area contributed by atoms with E-state index in [-0.39, 0.29) is 18.4 Å². The molecule has 1 heterocycles. The van der Waals surface area contributed by atoms with E-state index in [0.717, 1.165) is 5.56 Å². The molecule has 0 spiro atoms. The number of carbonyl (C=O) groups is 2. The Labute approximate surface area is 139 Å². The molecule has 1 saturated carbocycles. The number of hydrogen-bond acceptors (Lipinski definition) is 3. The van der Waals surface area contributed by atoms with Crippen molar-refractivity contribution in [3.63, 3.8) is 0 Å². The van der Waals surface area contributed by atoms with E-state index in [1.54, 1.807) is 30.5 Å². The SMILES string of the molecule is O=C(NCc1ccc(Cl)cc1)C1(C(=O)NCc2ccco2)CC1. The fraction of sp³-hybridized carbons (Fsp3) is 0.294. The van der Waals surface area contributed by atoms with E-state index in [1.165, 1.54) is 0 Å². The Morgan fingerprint density at radius 1 is 1.04 bits per heavy atom. The first kappa shape index (κ1) is 15.6. The summed E-state index contributed by atoms with van der Waals surface area (Å²) in [6, 6.07) is 10.8. The highest BCUT2D eigenvalue weighted by Crippen LogP contribution is 2.46.